The van der Waals surface area contributed by atoms with Gasteiger partial charge in [0.05, 0.1) is 20.3 Å². The number of methoxy groups -OCH3 is 2. The van der Waals surface area contributed by atoms with Gasteiger partial charge in [-0.2, -0.15) is 0 Å². The third kappa shape index (κ3) is 2.75. The average Bonchev–Trinajstić information content (AvgIpc) is 2.61. The van der Waals surface area contributed by atoms with E-state index in [0.29, 0.717) is 18.0 Å². The summed E-state index contributed by atoms with van der Waals surface area (Å²) in [6.45, 7) is 0.548. The Morgan fingerprint density at radius 1 is 1.04 bits per heavy atom. The van der Waals surface area contributed by atoms with Gasteiger partial charge < -0.3 is 20.1 Å². The maximum absolute atomic E-state index is 12.2. The van der Waals surface area contributed by atoms with Gasteiger partial charge in [-0.25, -0.2) is 0 Å². The number of rotatable bonds is 5. The van der Waals surface area contributed by atoms with Crippen molar-refractivity contribution in [2.24, 2.45) is 5.73 Å². The molecular formula is C18H20N2O3. The molecule has 0 aromatic heterocycles. The highest BCUT2D eigenvalue weighted by atomic mass is 16.5. The van der Waals surface area contributed by atoms with E-state index in [0.717, 1.165) is 11.1 Å². The van der Waals surface area contributed by atoms with Crippen LogP contribution in [-0.4, -0.2) is 31.1 Å². The molecule has 23 heavy (non-hydrogen) atoms. The minimum Gasteiger partial charge on any atom is -0.493 e. The number of amides is 1. The minimum atomic E-state index is -0.517. The fourth-order valence-electron chi connectivity index (χ4n) is 2.96. The molecule has 2 N–H and O–H groups in total. The van der Waals surface area contributed by atoms with Crippen LogP contribution in [0.4, 0.5) is 0 Å². The normalized spacial score (nSPS) is 20.1. The molecule has 0 bridgehead atoms. The minimum absolute atomic E-state index is 0.0337. The molecule has 0 unspecified atom stereocenters. The van der Waals surface area contributed by atoms with Crippen LogP contribution in [0.15, 0.2) is 48.5 Å². The van der Waals surface area contributed by atoms with Crippen molar-refractivity contribution in [2.45, 2.75) is 18.6 Å². The monoisotopic (exact) mass is 312 g/mol. The summed E-state index contributed by atoms with van der Waals surface area (Å²) < 4.78 is 10.6. The fourth-order valence-corrected chi connectivity index (χ4v) is 2.96. The largest absolute Gasteiger partial charge is 0.493 e. The number of nitrogens with zero attached hydrogens (tertiary/aromatic N) is 1. The first kappa shape index (κ1) is 15.4. The van der Waals surface area contributed by atoms with E-state index in [1.165, 1.54) is 0 Å². The lowest BCUT2D eigenvalue weighted by Gasteiger charge is -2.46. The number of carbonyl (C=O) groups excluding carboxylic acids is 1. The van der Waals surface area contributed by atoms with Crippen LogP contribution in [-0.2, 0) is 11.3 Å². The van der Waals surface area contributed by atoms with Gasteiger partial charge in [-0.05, 0) is 23.3 Å². The van der Waals surface area contributed by atoms with E-state index in [1.54, 1.807) is 19.1 Å². The molecular weight excluding hydrogens is 292 g/mol. The summed E-state index contributed by atoms with van der Waals surface area (Å²) in [4.78, 5) is 14.0. The maximum atomic E-state index is 12.2. The first-order chi connectivity index (χ1) is 11.2. The number of likely N-dealkylation sites (tertiary alicyclic amines) is 1. The molecule has 5 nitrogen and oxygen atoms in total. The molecule has 2 atom stereocenters. The molecule has 3 rings (SSSR count). The lowest BCUT2D eigenvalue weighted by Crippen LogP contribution is -2.62. The zero-order chi connectivity index (χ0) is 16.4. The van der Waals surface area contributed by atoms with E-state index < -0.39 is 6.04 Å². The van der Waals surface area contributed by atoms with Crippen LogP contribution in [0, 0.1) is 0 Å². The van der Waals surface area contributed by atoms with Crippen LogP contribution in [0.2, 0.25) is 0 Å². The van der Waals surface area contributed by atoms with Crippen LogP contribution in [0.1, 0.15) is 17.2 Å². The van der Waals surface area contributed by atoms with Crippen LogP contribution >= 0.6 is 0 Å². The second-order valence-corrected chi connectivity index (χ2v) is 5.54. The quantitative estimate of drug-likeness (QED) is 0.859. The lowest BCUT2D eigenvalue weighted by molar-refractivity contribution is -0.150. The molecule has 1 aliphatic heterocycles. The van der Waals surface area contributed by atoms with Crippen LogP contribution in [0.25, 0.3) is 0 Å². The highest BCUT2D eigenvalue weighted by Gasteiger charge is 2.45. The smallest absolute Gasteiger partial charge is 0.242 e. The van der Waals surface area contributed by atoms with Gasteiger partial charge in [0.15, 0.2) is 11.5 Å². The van der Waals surface area contributed by atoms with Gasteiger partial charge in [-0.1, -0.05) is 36.4 Å². The molecule has 1 saturated heterocycles. The van der Waals surface area contributed by atoms with Crippen LogP contribution in [0.3, 0.4) is 0 Å². The second-order valence-electron chi connectivity index (χ2n) is 5.54. The van der Waals surface area contributed by atoms with E-state index in [2.05, 4.69) is 0 Å². The Morgan fingerprint density at radius 2 is 1.74 bits per heavy atom. The summed E-state index contributed by atoms with van der Waals surface area (Å²) in [5.74, 6) is 1.26. The molecule has 2 aromatic rings. The number of hydrogen-bond acceptors (Lipinski definition) is 4. The Hall–Kier alpha value is -2.53. The molecule has 1 fully saturated rings. The highest BCUT2D eigenvalue weighted by Crippen LogP contribution is 2.38. The van der Waals surface area contributed by atoms with Crippen molar-refractivity contribution in [3.63, 3.8) is 0 Å². The predicted molar refractivity (Wildman–Crippen MR) is 87.3 cm³/mol. The highest BCUT2D eigenvalue weighted by molar-refractivity contribution is 5.89. The van der Waals surface area contributed by atoms with E-state index in [-0.39, 0.29) is 11.9 Å². The van der Waals surface area contributed by atoms with Crippen LogP contribution in [0.5, 0.6) is 11.5 Å². The molecule has 0 radical (unpaired) electrons. The third-order valence-corrected chi connectivity index (χ3v) is 4.19. The van der Waals surface area contributed by atoms with Crippen molar-refractivity contribution in [1.82, 2.24) is 4.90 Å². The molecule has 1 amide bonds. The van der Waals surface area contributed by atoms with E-state index in [9.17, 15) is 4.79 Å². The van der Waals surface area contributed by atoms with Crippen molar-refractivity contribution >= 4 is 5.91 Å². The van der Waals surface area contributed by atoms with E-state index in [4.69, 9.17) is 15.2 Å². The number of ether oxygens (including phenoxy) is 2. The predicted octanol–water partition coefficient (Wildman–Crippen LogP) is 2.11. The summed E-state index contributed by atoms with van der Waals surface area (Å²) in [6.07, 6.45) is 0. The molecule has 0 saturated carbocycles. The Bertz CT molecular complexity index is 703. The van der Waals surface area contributed by atoms with Gasteiger partial charge >= 0.3 is 0 Å². The number of hydrogen-bond donors (Lipinski definition) is 1. The Morgan fingerprint density at radius 3 is 2.39 bits per heavy atom. The van der Waals surface area contributed by atoms with Gasteiger partial charge in [0.25, 0.3) is 0 Å². The van der Waals surface area contributed by atoms with Crippen molar-refractivity contribution in [3.8, 4) is 11.5 Å². The third-order valence-electron chi connectivity index (χ3n) is 4.19. The lowest BCUT2D eigenvalue weighted by atomic mass is 9.88. The molecule has 1 heterocycles. The fraction of sp³-hybridized carbons (Fsp3) is 0.278. The van der Waals surface area contributed by atoms with Crippen molar-refractivity contribution in [3.05, 3.63) is 59.7 Å². The van der Waals surface area contributed by atoms with Crippen molar-refractivity contribution in [1.29, 1.82) is 0 Å². The summed E-state index contributed by atoms with van der Waals surface area (Å²) >= 11 is 0. The van der Waals surface area contributed by atoms with Crippen molar-refractivity contribution < 1.29 is 14.3 Å². The number of benzene rings is 2. The summed E-state index contributed by atoms with van der Waals surface area (Å²) in [6, 6.07) is 14.9. The Kier molecular flexibility index (Phi) is 4.21. The van der Waals surface area contributed by atoms with E-state index >= 15 is 0 Å². The number of carbonyl (C=O) groups is 1. The molecule has 2 aromatic carbocycles. The second kappa shape index (κ2) is 6.30. The first-order valence-electron chi connectivity index (χ1n) is 7.47. The van der Waals surface area contributed by atoms with E-state index in [1.807, 2.05) is 48.5 Å². The number of β-lactam (4-membered cyclic amide) rings is 1. The summed E-state index contributed by atoms with van der Waals surface area (Å²) in [7, 11) is 3.19. The molecule has 5 heteroatoms. The summed E-state index contributed by atoms with van der Waals surface area (Å²) in [5.41, 5.74) is 8.07. The van der Waals surface area contributed by atoms with Gasteiger partial charge in [0.1, 0.15) is 6.04 Å². The topological polar surface area (TPSA) is 64.8 Å². The average molecular weight is 312 g/mol. The standard InChI is InChI=1S/C18H20N2O3/c1-22-14-9-8-13(10-15(14)23-2)17-16(19)18(21)20(17)11-12-6-4-3-5-7-12/h3-10,16-17H,11,19H2,1-2H3/t16-,17-/m0/s1. The Balaban J connectivity index is 1.87. The SMILES string of the molecule is COc1ccc([C@H]2[C@H](N)C(=O)N2Cc2ccccc2)cc1OC. The van der Waals surface area contributed by atoms with Crippen LogP contribution < -0.4 is 15.2 Å². The summed E-state index contributed by atoms with van der Waals surface area (Å²) in [5, 5.41) is 0. The zero-order valence-corrected chi connectivity index (χ0v) is 13.2. The maximum Gasteiger partial charge on any atom is 0.242 e. The van der Waals surface area contributed by atoms with Gasteiger partial charge in [-0.3, -0.25) is 4.79 Å². The molecule has 120 valence electrons. The number of nitrogens with two attached hydrogens (primary N) is 1. The Labute approximate surface area is 135 Å². The van der Waals surface area contributed by atoms with Gasteiger partial charge in [-0.15, -0.1) is 0 Å². The van der Waals surface area contributed by atoms with Crippen molar-refractivity contribution in [2.75, 3.05) is 14.2 Å². The van der Waals surface area contributed by atoms with Gasteiger partial charge in [0.2, 0.25) is 5.91 Å². The first-order valence-corrected chi connectivity index (χ1v) is 7.47. The molecule has 0 spiro atoms. The molecule has 1 aliphatic rings. The van der Waals surface area contributed by atoms with Gasteiger partial charge in [0, 0.05) is 6.54 Å². The molecule has 0 aliphatic carbocycles. The zero-order valence-electron chi connectivity index (χ0n) is 13.2.